The number of benzene rings is 1. The SMILES string of the molecule is CCCn1cc(-c2ccc(CC(N)NC(=O)C3NC4CCC3C4)c(F)c2)cn1. The van der Waals surface area contributed by atoms with Crippen LogP contribution in [-0.4, -0.2) is 33.9 Å². The number of nitrogens with one attached hydrogen (secondary N) is 2. The van der Waals surface area contributed by atoms with E-state index < -0.39 is 6.17 Å². The maximum atomic E-state index is 14.6. The molecule has 2 fully saturated rings. The molecule has 4 atom stereocenters. The van der Waals surface area contributed by atoms with E-state index in [1.54, 1.807) is 12.3 Å². The fourth-order valence-corrected chi connectivity index (χ4v) is 4.47. The fraction of sp³-hybridized carbons (Fsp3) is 0.524. The number of aromatic nitrogens is 2. The molecule has 2 bridgehead atoms. The largest absolute Gasteiger partial charge is 0.339 e. The molecule has 4 rings (SSSR count). The Hall–Kier alpha value is -2.25. The van der Waals surface area contributed by atoms with Gasteiger partial charge in [-0.1, -0.05) is 19.1 Å². The molecule has 7 heteroatoms. The van der Waals surface area contributed by atoms with Gasteiger partial charge in [-0.05, 0) is 48.8 Å². The number of hydrogen-bond donors (Lipinski definition) is 3. The molecular formula is C21H28FN5O. The van der Waals surface area contributed by atoms with Crippen molar-refractivity contribution in [2.45, 2.75) is 63.8 Å². The van der Waals surface area contributed by atoms with Crippen LogP contribution in [-0.2, 0) is 17.8 Å². The van der Waals surface area contributed by atoms with Crippen molar-refractivity contribution in [3.05, 3.63) is 42.0 Å². The quantitative estimate of drug-likeness (QED) is 0.638. The molecule has 2 aromatic rings. The Labute approximate surface area is 164 Å². The summed E-state index contributed by atoms with van der Waals surface area (Å²) >= 11 is 0. The first kappa shape index (κ1) is 19.1. The van der Waals surface area contributed by atoms with Crippen molar-refractivity contribution >= 4 is 5.91 Å². The fourth-order valence-electron chi connectivity index (χ4n) is 4.47. The predicted octanol–water partition coefficient (Wildman–Crippen LogP) is 2.18. The molecule has 150 valence electrons. The van der Waals surface area contributed by atoms with E-state index >= 15 is 0 Å². The van der Waals surface area contributed by atoms with E-state index in [0.29, 0.717) is 17.5 Å². The molecule has 2 heterocycles. The van der Waals surface area contributed by atoms with Gasteiger partial charge >= 0.3 is 0 Å². The van der Waals surface area contributed by atoms with E-state index in [4.69, 9.17) is 5.73 Å². The van der Waals surface area contributed by atoms with Crippen LogP contribution in [0.2, 0.25) is 0 Å². The standard InChI is InChI=1S/C21H28FN5O/c1-2-7-27-12-16(11-24-27)13-3-4-14(18(22)9-13)10-19(23)26-21(28)20-15-5-6-17(8-15)25-20/h3-4,9,11-12,15,17,19-20,25H,2,5-8,10,23H2,1H3,(H,26,28). The topological polar surface area (TPSA) is 85.0 Å². The van der Waals surface area contributed by atoms with Gasteiger partial charge in [-0.3, -0.25) is 9.48 Å². The highest BCUT2D eigenvalue weighted by Gasteiger charge is 2.42. The summed E-state index contributed by atoms with van der Waals surface area (Å²) in [5, 5.41) is 10.5. The van der Waals surface area contributed by atoms with E-state index in [1.165, 1.54) is 6.07 Å². The minimum atomic E-state index is -0.610. The van der Waals surface area contributed by atoms with Crippen LogP contribution >= 0.6 is 0 Å². The highest BCUT2D eigenvalue weighted by atomic mass is 19.1. The zero-order valence-corrected chi connectivity index (χ0v) is 16.2. The van der Waals surface area contributed by atoms with Gasteiger partial charge in [-0.15, -0.1) is 0 Å². The van der Waals surface area contributed by atoms with E-state index in [9.17, 15) is 9.18 Å². The third-order valence-corrected chi connectivity index (χ3v) is 5.88. The van der Waals surface area contributed by atoms with Gasteiger partial charge in [0.05, 0.1) is 18.4 Å². The molecule has 0 radical (unpaired) electrons. The lowest BCUT2D eigenvalue weighted by atomic mass is 9.99. The highest BCUT2D eigenvalue weighted by molar-refractivity contribution is 5.83. The molecule has 4 unspecified atom stereocenters. The average Bonchev–Trinajstić information content (AvgIpc) is 3.40. The lowest BCUT2D eigenvalue weighted by Gasteiger charge is -2.24. The number of piperidine rings is 1. The zero-order valence-electron chi connectivity index (χ0n) is 16.2. The van der Waals surface area contributed by atoms with Crippen LogP contribution in [0.15, 0.2) is 30.6 Å². The van der Waals surface area contributed by atoms with Crippen molar-refractivity contribution in [3.8, 4) is 11.1 Å². The Bertz CT molecular complexity index is 851. The van der Waals surface area contributed by atoms with Crippen LogP contribution in [0.4, 0.5) is 4.39 Å². The van der Waals surface area contributed by atoms with Gasteiger partial charge in [0, 0.05) is 30.8 Å². The summed E-state index contributed by atoms with van der Waals surface area (Å²) < 4.78 is 16.5. The summed E-state index contributed by atoms with van der Waals surface area (Å²) in [4.78, 5) is 12.5. The summed E-state index contributed by atoms with van der Waals surface area (Å²) in [6.07, 6.45) is 7.62. The van der Waals surface area contributed by atoms with Crippen LogP contribution in [0.1, 0.15) is 38.2 Å². The molecule has 1 amide bonds. The van der Waals surface area contributed by atoms with Gasteiger partial charge in [0.2, 0.25) is 5.91 Å². The number of nitrogens with zero attached hydrogens (tertiary/aromatic N) is 2. The average molecular weight is 385 g/mol. The van der Waals surface area contributed by atoms with E-state index in [-0.39, 0.29) is 24.2 Å². The van der Waals surface area contributed by atoms with Gasteiger partial charge in [-0.25, -0.2) is 4.39 Å². The van der Waals surface area contributed by atoms with Crippen molar-refractivity contribution in [1.29, 1.82) is 0 Å². The summed E-state index contributed by atoms with van der Waals surface area (Å²) in [5.74, 6) is 0.0189. The van der Waals surface area contributed by atoms with Gasteiger partial charge in [-0.2, -0.15) is 5.10 Å². The Morgan fingerprint density at radius 2 is 2.29 bits per heavy atom. The second-order valence-electron chi connectivity index (χ2n) is 8.03. The van der Waals surface area contributed by atoms with Gasteiger partial charge in [0.1, 0.15) is 5.82 Å². The third kappa shape index (κ3) is 3.95. The molecule has 1 aromatic heterocycles. The van der Waals surface area contributed by atoms with Crippen molar-refractivity contribution < 1.29 is 9.18 Å². The lowest BCUT2D eigenvalue weighted by molar-refractivity contribution is -0.124. The van der Waals surface area contributed by atoms with Crippen LogP contribution in [0.3, 0.4) is 0 Å². The Kier molecular flexibility index (Phi) is 5.46. The predicted molar refractivity (Wildman–Crippen MR) is 106 cm³/mol. The molecule has 28 heavy (non-hydrogen) atoms. The molecule has 1 saturated carbocycles. The van der Waals surface area contributed by atoms with Crippen LogP contribution in [0.5, 0.6) is 0 Å². The monoisotopic (exact) mass is 385 g/mol. The first-order valence-electron chi connectivity index (χ1n) is 10.2. The van der Waals surface area contributed by atoms with Crippen molar-refractivity contribution in [1.82, 2.24) is 20.4 Å². The highest BCUT2D eigenvalue weighted by Crippen LogP contribution is 2.35. The Balaban J connectivity index is 1.36. The number of amides is 1. The summed E-state index contributed by atoms with van der Waals surface area (Å²) in [5.41, 5.74) is 8.26. The molecule has 1 saturated heterocycles. The number of hydrogen-bond acceptors (Lipinski definition) is 4. The molecule has 2 aliphatic rings. The molecule has 1 aromatic carbocycles. The first-order valence-corrected chi connectivity index (χ1v) is 10.2. The smallest absolute Gasteiger partial charge is 0.238 e. The zero-order chi connectivity index (χ0) is 19.7. The number of carbonyl (C=O) groups excluding carboxylic acids is 1. The maximum Gasteiger partial charge on any atom is 0.238 e. The Morgan fingerprint density at radius 3 is 2.96 bits per heavy atom. The van der Waals surface area contributed by atoms with Gasteiger partial charge < -0.3 is 16.4 Å². The maximum absolute atomic E-state index is 14.6. The van der Waals surface area contributed by atoms with Gasteiger partial charge in [0.25, 0.3) is 0 Å². The minimum absolute atomic E-state index is 0.0694. The second-order valence-corrected chi connectivity index (χ2v) is 8.03. The van der Waals surface area contributed by atoms with E-state index in [1.807, 2.05) is 16.9 Å². The van der Waals surface area contributed by atoms with Gasteiger partial charge in [0.15, 0.2) is 0 Å². The lowest BCUT2D eigenvalue weighted by Crippen LogP contribution is -2.53. The number of carbonyl (C=O) groups is 1. The molecule has 4 N–H and O–H groups in total. The molecule has 1 aliphatic carbocycles. The molecular weight excluding hydrogens is 357 g/mol. The number of halogens is 1. The van der Waals surface area contributed by atoms with Crippen molar-refractivity contribution in [2.75, 3.05) is 0 Å². The molecule has 1 aliphatic heterocycles. The second kappa shape index (κ2) is 8.01. The van der Waals surface area contributed by atoms with Crippen LogP contribution < -0.4 is 16.4 Å². The minimum Gasteiger partial charge on any atom is -0.339 e. The Morgan fingerprint density at radius 1 is 1.43 bits per heavy atom. The normalized spacial score (nSPS) is 24.5. The molecule has 0 spiro atoms. The van der Waals surface area contributed by atoms with E-state index in [0.717, 1.165) is 43.4 Å². The summed E-state index contributed by atoms with van der Waals surface area (Å²) in [6, 6.07) is 5.43. The third-order valence-electron chi connectivity index (χ3n) is 5.88. The van der Waals surface area contributed by atoms with Crippen LogP contribution in [0.25, 0.3) is 11.1 Å². The number of fused-ring (bicyclic) bond motifs is 2. The number of aryl methyl sites for hydroxylation is 1. The first-order chi connectivity index (χ1) is 13.5. The number of nitrogens with two attached hydrogens (primary N) is 1. The van der Waals surface area contributed by atoms with Crippen molar-refractivity contribution in [2.24, 2.45) is 11.7 Å². The summed E-state index contributed by atoms with van der Waals surface area (Å²) in [7, 11) is 0. The van der Waals surface area contributed by atoms with Crippen molar-refractivity contribution in [3.63, 3.8) is 0 Å². The summed E-state index contributed by atoms with van der Waals surface area (Å²) in [6.45, 7) is 2.93. The van der Waals surface area contributed by atoms with E-state index in [2.05, 4.69) is 22.7 Å². The molecule has 6 nitrogen and oxygen atoms in total. The number of rotatable bonds is 7. The van der Waals surface area contributed by atoms with Crippen LogP contribution in [0, 0.1) is 11.7 Å².